The molecule has 0 fully saturated rings. The van der Waals surface area contributed by atoms with E-state index in [9.17, 15) is 44.1 Å². The summed E-state index contributed by atoms with van der Waals surface area (Å²) in [7, 11) is -4.63. The Morgan fingerprint density at radius 1 is 0.597 bits per heavy atom. The molecule has 0 aliphatic carbocycles. The van der Waals surface area contributed by atoms with E-state index < -0.39 is 42.3 Å². The lowest BCUT2D eigenvalue weighted by Gasteiger charge is -2.20. The monoisotopic (exact) mass is 970 g/mol. The van der Waals surface area contributed by atoms with Gasteiger partial charge >= 0.3 is 19.8 Å². The first-order chi connectivity index (χ1) is 32.4. The van der Waals surface area contributed by atoms with Crippen LogP contribution < -0.4 is 5.32 Å². The molecule has 0 radical (unpaired) electrons. The van der Waals surface area contributed by atoms with E-state index in [4.69, 9.17) is 18.5 Å². The number of carbonyl (C=O) groups excluding carboxylic acids is 3. The van der Waals surface area contributed by atoms with Crippen molar-refractivity contribution in [2.45, 2.75) is 238 Å². The number of amides is 1. The van der Waals surface area contributed by atoms with Crippen molar-refractivity contribution in [1.29, 1.82) is 0 Å². The van der Waals surface area contributed by atoms with Crippen LogP contribution in [0.1, 0.15) is 231 Å². The third-order valence-corrected chi connectivity index (χ3v) is 12.9. The molecule has 386 valence electrons. The molecule has 1 aromatic rings. The topological polar surface area (TPSA) is 224 Å². The zero-order chi connectivity index (χ0) is 49.2. The minimum absolute atomic E-state index is 0.0646. The summed E-state index contributed by atoms with van der Waals surface area (Å²) in [5.74, 6) is -1.23. The van der Waals surface area contributed by atoms with Gasteiger partial charge in [-0.1, -0.05) is 181 Å². The summed E-state index contributed by atoms with van der Waals surface area (Å²) in [6, 6.07) is 3.60. The largest absolute Gasteiger partial charge is 0.472 e. The first-order valence-electron chi connectivity index (χ1n) is 26.0. The standard InChI is InChI=1S/C50H88N3O13P/c1-3-5-7-9-11-13-15-17-19-21-23-25-31-35-49(55)63-42-46(66-50(56)36-32-26-24-22-20-18-16-14-12-10-8-6-4-2)43-65-67(61,62)64-40-39-51-48(54)34-30-28-27-29-33-44-37-38-45(52(57)58)41-47(44)53(59)60/h37-38,41,46H,3-36,39-40,42-43H2,1-2H3,(H,51,54)(H,61,62)/t46-/m1/s1. The van der Waals surface area contributed by atoms with Crippen LogP contribution in [-0.2, 0) is 43.9 Å². The highest BCUT2D eigenvalue weighted by atomic mass is 31.2. The molecule has 2 N–H and O–H groups in total. The van der Waals surface area contributed by atoms with Gasteiger partial charge in [-0.25, -0.2) is 4.57 Å². The number of aryl methyl sites for hydroxylation is 1. The fourth-order valence-corrected chi connectivity index (χ4v) is 8.60. The fraction of sp³-hybridized carbons (Fsp3) is 0.820. The summed E-state index contributed by atoms with van der Waals surface area (Å²) < 4.78 is 33.9. The van der Waals surface area contributed by atoms with Crippen molar-refractivity contribution in [1.82, 2.24) is 5.32 Å². The van der Waals surface area contributed by atoms with Crippen molar-refractivity contribution in [2.75, 3.05) is 26.4 Å². The second kappa shape index (κ2) is 41.5. The lowest BCUT2D eigenvalue weighted by atomic mass is 10.0. The Morgan fingerprint density at radius 3 is 1.52 bits per heavy atom. The van der Waals surface area contributed by atoms with Crippen LogP contribution in [-0.4, -0.2) is 65.1 Å². The van der Waals surface area contributed by atoms with Crippen LogP contribution in [0.25, 0.3) is 0 Å². The SMILES string of the molecule is CCCCCCCCCCCCCCCC(=O)OC[C@H](COP(=O)(O)OCCNC(=O)CCCCCCc1ccc([N+](=O)[O-])cc1[N+](=O)[O-])OC(=O)CCCCCCCCCCCCCCC. The van der Waals surface area contributed by atoms with Crippen LogP contribution in [0, 0.1) is 20.2 Å². The first kappa shape index (κ1) is 61.6. The number of unbranched alkanes of at least 4 members (excludes halogenated alkanes) is 27. The zero-order valence-corrected chi connectivity index (χ0v) is 42.3. The molecule has 1 aromatic carbocycles. The summed E-state index contributed by atoms with van der Waals surface area (Å²) >= 11 is 0. The lowest BCUT2D eigenvalue weighted by Crippen LogP contribution is -2.30. The maximum atomic E-state index is 12.8. The highest BCUT2D eigenvalue weighted by Crippen LogP contribution is 2.43. The summed E-state index contributed by atoms with van der Waals surface area (Å²) in [6.45, 7) is 3.21. The summed E-state index contributed by atoms with van der Waals surface area (Å²) in [5.41, 5.74) is -0.218. The number of nitrogens with zero attached hydrogens (tertiary/aromatic N) is 2. The summed E-state index contributed by atoms with van der Waals surface area (Å²) in [6.07, 6.45) is 33.0. The fourth-order valence-electron chi connectivity index (χ4n) is 7.85. The molecular formula is C50H88N3O13P. The van der Waals surface area contributed by atoms with Crippen molar-refractivity contribution >= 4 is 37.0 Å². The molecule has 0 saturated carbocycles. The van der Waals surface area contributed by atoms with E-state index in [-0.39, 0.29) is 56.3 Å². The third kappa shape index (κ3) is 36.2. The van der Waals surface area contributed by atoms with E-state index in [2.05, 4.69) is 19.2 Å². The maximum absolute atomic E-state index is 12.8. The van der Waals surface area contributed by atoms with Crippen LogP contribution in [0.5, 0.6) is 0 Å². The number of hydrogen-bond donors (Lipinski definition) is 2. The Morgan fingerprint density at radius 2 is 1.04 bits per heavy atom. The van der Waals surface area contributed by atoms with Crippen molar-refractivity contribution in [3.05, 3.63) is 44.0 Å². The number of rotatable bonds is 47. The number of carbonyl (C=O) groups is 3. The number of ether oxygens (including phenoxy) is 2. The number of phosphoric acid groups is 1. The molecule has 16 nitrogen and oxygen atoms in total. The van der Waals surface area contributed by atoms with Gasteiger partial charge in [0.2, 0.25) is 5.91 Å². The third-order valence-electron chi connectivity index (χ3n) is 11.9. The van der Waals surface area contributed by atoms with Gasteiger partial charge in [-0.3, -0.25) is 43.7 Å². The lowest BCUT2D eigenvalue weighted by molar-refractivity contribution is -0.394. The van der Waals surface area contributed by atoms with Crippen LogP contribution in [0.15, 0.2) is 18.2 Å². The van der Waals surface area contributed by atoms with Crippen molar-refractivity contribution < 1.29 is 52.2 Å². The molecule has 0 spiro atoms. The van der Waals surface area contributed by atoms with Crippen LogP contribution in [0.3, 0.4) is 0 Å². The van der Waals surface area contributed by atoms with E-state index in [1.165, 1.54) is 128 Å². The van der Waals surface area contributed by atoms with E-state index in [1.54, 1.807) is 0 Å². The van der Waals surface area contributed by atoms with Gasteiger partial charge in [-0.15, -0.1) is 0 Å². The minimum atomic E-state index is -4.63. The number of nitrogens with one attached hydrogen (secondary N) is 1. The van der Waals surface area contributed by atoms with Crippen molar-refractivity contribution in [2.24, 2.45) is 0 Å². The summed E-state index contributed by atoms with van der Waals surface area (Å²) in [4.78, 5) is 69.1. The van der Waals surface area contributed by atoms with E-state index >= 15 is 0 Å². The van der Waals surface area contributed by atoms with Gasteiger partial charge in [0.25, 0.3) is 11.4 Å². The molecule has 0 heterocycles. The van der Waals surface area contributed by atoms with Gasteiger partial charge in [-0.2, -0.15) is 0 Å². The van der Waals surface area contributed by atoms with Gasteiger partial charge in [0.15, 0.2) is 6.10 Å². The normalized spacial score (nSPS) is 12.6. The Labute approximate surface area is 402 Å². The predicted octanol–water partition coefficient (Wildman–Crippen LogP) is 13.7. The molecule has 0 saturated heterocycles. The first-order valence-corrected chi connectivity index (χ1v) is 27.5. The van der Waals surface area contributed by atoms with Gasteiger partial charge in [-0.05, 0) is 38.2 Å². The van der Waals surface area contributed by atoms with E-state index in [1.807, 2.05) is 0 Å². The second-order valence-corrected chi connectivity index (χ2v) is 19.4. The van der Waals surface area contributed by atoms with Crippen LogP contribution >= 0.6 is 7.82 Å². The molecule has 67 heavy (non-hydrogen) atoms. The smallest absolute Gasteiger partial charge is 0.462 e. The summed E-state index contributed by atoms with van der Waals surface area (Å²) in [5, 5.41) is 24.9. The number of hydrogen-bond acceptors (Lipinski definition) is 12. The number of benzene rings is 1. The van der Waals surface area contributed by atoms with Gasteiger partial charge in [0, 0.05) is 37.4 Å². The van der Waals surface area contributed by atoms with Crippen molar-refractivity contribution in [3.63, 3.8) is 0 Å². The van der Waals surface area contributed by atoms with Gasteiger partial charge < -0.3 is 19.7 Å². The average molecular weight is 970 g/mol. The highest BCUT2D eigenvalue weighted by Gasteiger charge is 2.26. The Kier molecular flexibility index (Phi) is 38.1. The van der Waals surface area contributed by atoms with Gasteiger partial charge in [0.05, 0.1) is 29.1 Å². The molecule has 1 amide bonds. The Bertz CT molecular complexity index is 1530. The molecule has 2 atom stereocenters. The average Bonchev–Trinajstić information content (AvgIpc) is 3.30. The molecule has 0 aliphatic rings. The number of phosphoric ester groups is 1. The maximum Gasteiger partial charge on any atom is 0.472 e. The Hall–Kier alpha value is -3.46. The van der Waals surface area contributed by atoms with Crippen LogP contribution in [0.4, 0.5) is 11.4 Å². The highest BCUT2D eigenvalue weighted by molar-refractivity contribution is 7.47. The van der Waals surface area contributed by atoms with Gasteiger partial charge in [0.1, 0.15) is 6.61 Å². The number of nitro groups is 2. The predicted molar refractivity (Wildman–Crippen MR) is 263 cm³/mol. The zero-order valence-electron chi connectivity index (χ0n) is 41.4. The molecule has 1 unspecified atom stereocenters. The Balaban J connectivity index is 2.42. The minimum Gasteiger partial charge on any atom is -0.462 e. The van der Waals surface area contributed by atoms with E-state index in [0.717, 1.165) is 44.6 Å². The molecule has 1 rings (SSSR count). The number of esters is 2. The molecule has 0 bridgehead atoms. The van der Waals surface area contributed by atoms with E-state index in [0.29, 0.717) is 50.5 Å². The van der Waals surface area contributed by atoms with Crippen molar-refractivity contribution in [3.8, 4) is 0 Å². The number of non-ortho nitro benzene ring substituents is 1. The second-order valence-electron chi connectivity index (χ2n) is 18.0. The van der Waals surface area contributed by atoms with Crippen LogP contribution in [0.2, 0.25) is 0 Å². The molecular weight excluding hydrogens is 882 g/mol. The molecule has 17 heteroatoms. The number of nitro benzene ring substituents is 2. The molecule has 0 aromatic heterocycles. The molecule has 0 aliphatic heterocycles. The quantitative estimate of drug-likeness (QED) is 0.0204.